The van der Waals surface area contributed by atoms with Crippen molar-refractivity contribution >= 4 is 21.8 Å². The number of amides is 1. The van der Waals surface area contributed by atoms with E-state index < -0.39 is 23.5 Å². The summed E-state index contributed by atoms with van der Waals surface area (Å²) in [7, 11) is 0. The number of hydrogen-bond acceptors (Lipinski definition) is 3. The highest BCUT2D eigenvalue weighted by Gasteiger charge is 2.42. The summed E-state index contributed by atoms with van der Waals surface area (Å²) in [4.78, 5) is 16.2. The summed E-state index contributed by atoms with van der Waals surface area (Å²) < 4.78 is 68.0. The van der Waals surface area contributed by atoms with Gasteiger partial charge in [0.15, 0.2) is 17.3 Å². The number of alkyl halides is 3. The van der Waals surface area contributed by atoms with Gasteiger partial charge in [-0.1, -0.05) is 12.1 Å². The lowest BCUT2D eigenvalue weighted by molar-refractivity contribution is -0.142. The van der Waals surface area contributed by atoms with E-state index in [4.69, 9.17) is 0 Å². The molecule has 31 heavy (non-hydrogen) atoms. The molecular weight excluding hydrogens is 487 g/mol. The van der Waals surface area contributed by atoms with Crippen LogP contribution in [0.5, 0.6) is 0 Å². The molecule has 0 radical (unpaired) electrons. The molecule has 1 amide bonds. The number of aromatic nitrogens is 2. The number of benzene rings is 1. The second-order valence-electron chi connectivity index (χ2n) is 7.85. The Labute approximate surface area is 183 Å². The van der Waals surface area contributed by atoms with Crippen LogP contribution in [0.1, 0.15) is 35.7 Å². The van der Waals surface area contributed by atoms with Crippen molar-refractivity contribution in [1.82, 2.24) is 19.6 Å². The van der Waals surface area contributed by atoms with Crippen molar-refractivity contribution in [3.8, 4) is 0 Å². The van der Waals surface area contributed by atoms with E-state index in [9.17, 15) is 26.7 Å². The van der Waals surface area contributed by atoms with Crippen molar-refractivity contribution in [2.24, 2.45) is 0 Å². The van der Waals surface area contributed by atoms with Gasteiger partial charge in [-0.05, 0) is 34.8 Å². The van der Waals surface area contributed by atoms with E-state index in [0.717, 1.165) is 18.9 Å². The first kappa shape index (κ1) is 22.2. The standard InChI is InChI=1S/C20H20BrF5N4O/c21-16-18(12-4-5-12)30(27-19(16)20(24,25)26)11-15(31)29-8-6-28(7-9-29)10-13-2-1-3-14(22)17(13)23/h1-3,12H,4-11H2. The normalized spacial score (nSPS) is 17.9. The van der Waals surface area contributed by atoms with E-state index in [1.807, 2.05) is 4.90 Å². The van der Waals surface area contributed by atoms with Crippen LogP contribution in [0.25, 0.3) is 0 Å². The van der Waals surface area contributed by atoms with Gasteiger partial charge in [0.05, 0.1) is 10.2 Å². The van der Waals surface area contributed by atoms with Gasteiger partial charge in [0.1, 0.15) is 6.54 Å². The van der Waals surface area contributed by atoms with Crippen LogP contribution in [-0.4, -0.2) is 51.7 Å². The van der Waals surface area contributed by atoms with Crippen LogP contribution in [0.4, 0.5) is 22.0 Å². The fourth-order valence-electron chi connectivity index (χ4n) is 3.80. The molecule has 0 bridgehead atoms. The lowest BCUT2D eigenvalue weighted by Crippen LogP contribution is -2.49. The van der Waals surface area contributed by atoms with Crippen LogP contribution < -0.4 is 0 Å². The monoisotopic (exact) mass is 506 g/mol. The molecule has 168 valence electrons. The van der Waals surface area contributed by atoms with E-state index >= 15 is 0 Å². The zero-order chi connectivity index (χ0) is 22.3. The number of nitrogens with zero attached hydrogens (tertiary/aromatic N) is 4. The van der Waals surface area contributed by atoms with Crippen molar-refractivity contribution < 1.29 is 26.7 Å². The van der Waals surface area contributed by atoms with Gasteiger partial charge in [0.2, 0.25) is 5.91 Å². The number of halogens is 6. The Kier molecular flexibility index (Phi) is 6.08. The number of carbonyl (C=O) groups excluding carboxylic acids is 1. The highest BCUT2D eigenvalue weighted by atomic mass is 79.9. The molecule has 1 saturated heterocycles. The number of piperazine rings is 1. The third-order valence-corrected chi connectivity index (χ3v) is 6.38. The van der Waals surface area contributed by atoms with Crippen LogP contribution in [0.2, 0.25) is 0 Å². The van der Waals surface area contributed by atoms with Crippen LogP contribution in [0, 0.1) is 11.6 Å². The first-order valence-corrected chi connectivity index (χ1v) is 10.7. The second-order valence-corrected chi connectivity index (χ2v) is 8.64. The molecule has 1 aromatic carbocycles. The molecule has 5 nitrogen and oxygen atoms in total. The third kappa shape index (κ3) is 4.77. The number of carbonyl (C=O) groups is 1. The summed E-state index contributed by atoms with van der Waals surface area (Å²) in [6, 6.07) is 4.02. The van der Waals surface area contributed by atoms with E-state index in [0.29, 0.717) is 31.9 Å². The third-order valence-electron chi connectivity index (χ3n) is 5.60. The molecule has 0 atom stereocenters. The minimum atomic E-state index is -4.60. The summed E-state index contributed by atoms with van der Waals surface area (Å²) >= 11 is 3.02. The molecule has 1 aliphatic heterocycles. The Morgan fingerprint density at radius 2 is 1.81 bits per heavy atom. The molecular formula is C20H20BrF5N4O. The van der Waals surface area contributed by atoms with Gasteiger partial charge in [0.25, 0.3) is 0 Å². The minimum Gasteiger partial charge on any atom is -0.339 e. The molecule has 2 aliphatic rings. The van der Waals surface area contributed by atoms with Crippen molar-refractivity contribution in [2.45, 2.75) is 38.0 Å². The molecule has 11 heteroatoms. The number of rotatable bonds is 5. The van der Waals surface area contributed by atoms with Gasteiger partial charge in [0, 0.05) is 44.2 Å². The van der Waals surface area contributed by atoms with E-state index in [1.165, 1.54) is 16.8 Å². The molecule has 0 unspecified atom stereocenters. The van der Waals surface area contributed by atoms with Gasteiger partial charge >= 0.3 is 6.18 Å². The quantitative estimate of drug-likeness (QED) is 0.571. The highest BCUT2D eigenvalue weighted by molar-refractivity contribution is 9.10. The second kappa shape index (κ2) is 8.50. The molecule has 1 saturated carbocycles. The maximum Gasteiger partial charge on any atom is 0.436 e. The van der Waals surface area contributed by atoms with Crippen molar-refractivity contribution in [3.63, 3.8) is 0 Å². The average molecular weight is 507 g/mol. The molecule has 1 aliphatic carbocycles. The lowest BCUT2D eigenvalue weighted by atomic mass is 10.1. The SMILES string of the molecule is O=C(Cn1nc(C(F)(F)F)c(Br)c1C1CC1)N1CCN(Cc2cccc(F)c2F)CC1. The Bertz CT molecular complexity index is 981. The van der Waals surface area contributed by atoms with Crippen molar-refractivity contribution in [1.29, 1.82) is 0 Å². The molecule has 0 spiro atoms. The summed E-state index contributed by atoms with van der Waals surface area (Å²) in [5, 5.41) is 3.68. The molecule has 4 rings (SSSR count). The maximum absolute atomic E-state index is 13.9. The van der Waals surface area contributed by atoms with E-state index in [2.05, 4.69) is 21.0 Å². The van der Waals surface area contributed by atoms with Crippen molar-refractivity contribution in [3.05, 3.63) is 51.3 Å². The fraction of sp³-hybridized carbons (Fsp3) is 0.500. The Balaban J connectivity index is 1.39. The summed E-state index contributed by atoms with van der Waals surface area (Å²) in [6.45, 7) is 1.56. The van der Waals surface area contributed by atoms with Gasteiger partial charge in [-0.25, -0.2) is 8.78 Å². The predicted octanol–water partition coefficient (Wildman–Crippen LogP) is 4.16. The Morgan fingerprint density at radius 3 is 2.42 bits per heavy atom. The largest absolute Gasteiger partial charge is 0.436 e. The molecule has 2 heterocycles. The maximum atomic E-state index is 13.9. The number of hydrogen-bond donors (Lipinski definition) is 0. The van der Waals surface area contributed by atoms with Gasteiger partial charge in [-0.2, -0.15) is 18.3 Å². The Morgan fingerprint density at radius 1 is 1.13 bits per heavy atom. The minimum absolute atomic E-state index is 0.0243. The van der Waals surface area contributed by atoms with Gasteiger partial charge in [-0.3, -0.25) is 14.4 Å². The summed E-state index contributed by atoms with van der Waals surface area (Å²) in [5.41, 5.74) is -0.347. The summed E-state index contributed by atoms with van der Waals surface area (Å²) in [5.74, 6) is -2.12. The van der Waals surface area contributed by atoms with Crippen LogP contribution in [0.15, 0.2) is 22.7 Å². The first-order chi connectivity index (χ1) is 14.6. The zero-order valence-corrected chi connectivity index (χ0v) is 18.0. The Hall–Kier alpha value is -2.01. The highest BCUT2D eigenvalue weighted by Crippen LogP contribution is 2.47. The van der Waals surface area contributed by atoms with Crippen LogP contribution in [0.3, 0.4) is 0 Å². The first-order valence-electron chi connectivity index (χ1n) is 9.91. The molecule has 1 aromatic heterocycles. The molecule has 2 fully saturated rings. The lowest BCUT2D eigenvalue weighted by Gasteiger charge is -2.35. The molecule has 0 N–H and O–H groups in total. The average Bonchev–Trinajstić information content (AvgIpc) is 3.48. The van der Waals surface area contributed by atoms with Crippen LogP contribution in [-0.2, 0) is 24.1 Å². The fourth-order valence-corrected chi connectivity index (χ4v) is 4.63. The van der Waals surface area contributed by atoms with E-state index in [1.54, 1.807) is 4.90 Å². The van der Waals surface area contributed by atoms with Gasteiger partial charge < -0.3 is 4.90 Å². The topological polar surface area (TPSA) is 41.4 Å². The van der Waals surface area contributed by atoms with E-state index in [-0.39, 0.29) is 35.0 Å². The predicted molar refractivity (Wildman–Crippen MR) is 105 cm³/mol. The zero-order valence-electron chi connectivity index (χ0n) is 16.4. The summed E-state index contributed by atoms with van der Waals surface area (Å²) in [6.07, 6.45) is -3.06. The smallest absolute Gasteiger partial charge is 0.339 e. The molecule has 2 aromatic rings. The van der Waals surface area contributed by atoms with Gasteiger partial charge in [-0.15, -0.1) is 0 Å². The van der Waals surface area contributed by atoms with Crippen LogP contribution >= 0.6 is 15.9 Å². The van der Waals surface area contributed by atoms with Crippen molar-refractivity contribution in [2.75, 3.05) is 26.2 Å².